The van der Waals surface area contributed by atoms with Crippen molar-refractivity contribution in [1.82, 2.24) is 0 Å². The molecule has 5 heteroatoms. The topological polar surface area (TPSA) is 69.4 Å². The quantitative estimate of drug-likeness (QED) is 0.430. The molecule has 0 aliphatic rings. The van der Waals surface area contributed by atoms with Crippen LogP contribution in [0.25, 0.3) is 0 Å². The highest BCUT2D eigenvalue weighted by Gasteiger charge is 2.14. The first-order chi connectivity index (χ1) is 8.91. The Bertz CT molecular complexity index is 483. The first-order valence-electron chi connectivity index (χ1n) is 6.29. The van der Waals surface area contributed by atoms with Crippen LogP contribution in [0.4, 0.5) is 5.69 Å². The number of ether oxygens (including phenoxy) is 1. The summed E-state index contributed by atoms with van der Waals surface area (Å²) in [6, 6.07) is 3.22. The molecule has 0 aliphatic heterocycles. The average Bonchev–Trinajstić information content (AvgIpc) is 2.30. The van der Waals surface area contributed by atoms with E-state index in [0.29, 0.717) is 24.3 Å². The maximum absolute atomic E-state index is 10.8. The summed E-state index contributed by atoms with van der Waals surface area (Å²) in [5, 5.41) is 10.8. The Kier molecular flexibility index (Phi) is 5.48. The molecule has 0 atom stereocenters. The van der Waals surface area contributed by atoms with Crippen LogP contribution in [0.2, 0.25) is 0 Å². The molecule has 0 N–H and O–H groups in total. The lowest BCUT2D eigenvalue weighted by Gasteiger charge is -2.10. The summed E-state index contributed by atoms with van der Waals surface area (Å²) in [5.41, 5.74) is 1.59. The zero-order valence-corrected chi connectivity index (χ0v) is 11.6. The van der Waals surface area contributed by atoms with Crippen molar-refractivity contribution < 1.29 is 14.5 Å². The SMILES string of the molecule is CC(=O)CCCCOc1cc([N+](=O)[O-])c(C)cc1C. The summed E-state index contributed by atoms with van der Waals surface area (Å²) >= 11 is 0. The lowest BCUT2D eigenvalue weighted by atomic mass is 10.1. The summed E-state index contributed by atoms with van der Waals surface area (Å²) in [5.74, 6) is 0.710. The van der Waals surface area contributed by atoms with Crippen LogP contribution < -0.4 is 4.74 Å². The van der Waals surface area contributed by atoms with Crippen LogP contribution in [0.5, 0.6) is 5.75 Å². The van der Waals surface area contributed by atoms with Crippen LogP contribution in [-0.2, 0) is 4.79 Å². The minimum absolute atomic E-state index is 0.0735. The number of aryl methyl sites for hydroxylation is 2. The van der Waals surface area contributed by atoms with E-state index in [0.717, 1.165) is 18.4 Å². The molecule has 0 fully saturated rings. The Morgan fingerprint density at radius 2 is 1.95 bits per heavy atom. The van der Waals surface area contributed by atoms with Gasteiger partial charge in [0.05, 0.1) is 17.6 Å². The largest absolute Gasteiger partial charge is 0.493 e. The van der Waals surface area contributed by atoms with Crippen LogP contribution in [0, 0.1) is 24.0 Å². The maximum Gasteiger partial charge on any atom is 0.276 e. The van der Waals surface area contributed by atoms with Crippen molar-refractivity contribution in [3.05, 3.63) is 33.4 Å². The number of unbranched alkanes of at least 4 members (excludes halogenated alkanes) is 1. The standard InChI is InChI=1S/C14H19NO4/c1-10-8-11(2)14(9-13(10)15(17)18)19-7-5-4-6-12(3)16/h8-9H,4-7H2,1-3H3. The van der Waals surface area contributed by atoms with Crippen LogP contribution in [0.1, 0.15) is 37.3 Å². The smallest absolute Gasteiger partial charge is 0.276 e. The van der Waals surface area contributed by atoms with E-state index in [1.165, 1.54) is 6.07 Å². The van der Waals surface area contributed by atoms with Crippen LogP contribution >= 0.6 is 0 Å². The van der Waals surface area contributed by atoms with Gasteiger partial charge in [-0.05, 0) is 45.2 Å². The second-order valence-electron chi connectivity index (χ2n) is 4.67. The molecule has 0 spiro atoms. The van der Waals surface area contributed by atoms with Gasteiger partial charge in [-0.15, -0.1) is 0 Å². The summed E-state index contributed by atoms with van der Waals surface area (Å²) < 4.78 is 5.55. The third-order valence-corrected chi connectivity index (χ3v) is 2.87. The minimum atomic E-state index is -0.405. The molecule has 0 aliphatic carbocycles. The van der Waals surface area contributed by atoms with Gasteiger partial charge in [0.15, 0.2) is 0 Å². The number of hydrogen-bond donors (Lipinski definition) is 0. The van der Waals surface area contributed by atoms with Gasteiger partial charge in [0, 0.05) is 12.0 Å². The van der Waals surface area contributed by atoms with E-state index < -0.39 is 4.92 Å². The number of benzene rings is 1. The summed E-state index contributed by atoms with van der Waals surface area (Å²) in [7, 11) is 0. The number of carbonyl (C=O) groups excluding carboxylic acids is 1. The predicted molar refractivity (Wildman–Crippen MR) is 72.6 cm³/mol. The number of ketones is 1. The fourth-order valence-electron chi connectivity index (χ4n) is 1.83. The third-order valence-electron chi connectivity index (χ3n) is 2.87. The van der Waals surface area contributed by atoms with Crippen molar-refractivity contribution in [1.29, 1.82) is 0 Å². The molecule has 0 unspecified atom stereocenters. The second kappa shape index (κ2) is 6.87. The van der Waals surface area contributed by atoms with Gasteiger partial charge in [-0.25, -0.2) is 0 Å². The first-order valence-corrected chi connectivity index (χ1v) is 6.29. The molecule has 19 heavy (non-hydrogen) atoms. The molecule has 0 saturated heterocycles. The number of Topliss-reactive ketones (excluding diaryl/α,β-unsaturated/α-hetero) is 1. The Balaban J connectivity index is 2.60. The minimum Gasteiger partial charge on any atom is -0.493 e. The van der Waals surface area contributed by atoms with E-state index in [1.807, 2.05) is 6.92 Å². The molecule has 0 radical (unpaired) electrons. The Labute approximate surface area is 112 Å². The van der Waals surface area contributed by atoms with Gasteiger partial charge in [0.25, 0.3) is 5.69 Å². The highest BCUT2D eigenvalue weighted by Crippen LogP contribution is 2.28. The molecule has 5 nitrogen and oxygen atoms in total. The lowest BCUT2D eigenvalue weighted by Crippen LogP contribution is -2.02. The van der Waals surface area contributed by atoms with Gasteiger partial charge in [0.1, 0.15) is 11.5 Å². The fourth-order valence-corrected chi connectivity index (χ4v) is 1.83. The Hall–Kier alpha value is -1.91. The fraction of sp³-hybridized carbons (Fsp3) is 0.500. The molecule has 1 rings (SSSR count). The van der Waals surface area contributed by atoms with Gasteiger partial charge in [-0.3, -0.25) is 10.1 Å². The highest BCUT2D eigenvalue weighted by molar-refractivity contribution is 5.75. The number of nitrogens with zero attached hydrogens (tertiary/aromatic N) is 1. The maximum atomic E-state index is 10.8. The molecule has 0 heterocycles. The average molecular weight is 265 g/mol. The van der Waals surface area contributed by atoms with Gasteiger partial charge >= 0.3 is 0 Å². The van der Waals surface area contributed by atoms with Crippen molar-refractivity contribution in [2.24, 2.45) is 0 Å². The number of nitro groups is 1. The molecule has 1 aromatic carbocycles. The molecule has 0 aromatic heterocycles. The highest BCUT2D eigenvalue weighted by atomic mass is 16.6. The monoisotopic (exact) mass is 265 g/mol. The van der Waals surface area contributed by atoms with Gasteiger partial charge in [0.2, 0.25) is 0 Å². The van der Waals surface area contributed by atoms with E-state index in [-0.39, 0.29) is 11.5 Å². The van der Waals surface area contributed by atoms with E-state index in [2.05, 4.69) is 0 Å². The predicted octanol–water partition coefficient (Wildman–Crippen LogP) is 3.35. The van der Waals surface area contributed by atoms with Crippen LogP contribution in [-0.4, -0.2) is 17.3 Å². The van der Waals surface area contributed by atoms with Gasteiger partial charge < -0.3 is 9.53 Å². The third kappa shape index (κ3) is 4.69. The van der Waals surface area contributed by atoms with Crippen LogP contribution in [0.15, 0.2) is 12.1 Å². The van der Waals surface area contributed by atoms with Crippen molar-refractivity contribution in [3.63, 3.8) is 0 Å². The molecule has 1 aromatic rings. The summed E-state index contributed by atoms with van der Waals surface area (Å²) in [4.78, 5) is 21.2. The zero-order valence-electron chi connectivity index (χ0n) is 11.6. The molecular weight excluding hydrogens is 246 g/mol. The summed E-state index contributed by atoms with van der Waals surface area (Å²) in [6.07, 6.45) is 2.10. The van der Waals surface area contributed by atoms with Crippen LogP contribution in [0.3, 0.4) is 0 Å². The van der Waals surface area contributed by atoms with Gasteiger partial charge in [-0.2, -0.15) is 0 Å². The van der Waals surface area contributed by atoms with E-state index in [1.54, 1.807) is 19.9 Å². The molecular formula is C14H19NO4. The first kappa shape index (κ1) is 15.1. The van der Waals surface area contributed by atoms with E-state index in [4.69, 9.17) is 4.74 Å². The normalized spacial score (nSPS) is 10.3. The van der Waals surface area contributed by atoms with Crippen molar-refractivity contribution in [2.45, 2.75) is 40.0 Å². The lowest BCUT2D eigenvalue weighted by molar-refractivity contribution is -0.385. The van der Waals surface area contributed by atoms with Crippen molar-refractivity contribution in [2.75, 3.05) is 6.61 Å². The molecule has 0 amide bonds. The van der Waals surface area contributed by atoms with Crippen molar-refractivity contribution >= 4 is 11.5 Å². The van der Waals surface area contributed by atoms with E-state index in [9.17, 15) is 14.9 Å². The number of nitro benzene ring substituents is 1. The Morgan fingerprint density at radius 1 is 1.26 bits per heavy atom. The van der Waals surface area contributed by atoms with Crippen molar-refractivity contribution in [3.8, 4) is 5.75 Å². The molecule has 0 bridgehead atoms. The summed E-state index contributed by atoms with van der Waals surface area (Å²) in [6.45, 7) is 5.60. The molecule has 104 valence electrons. The van der Waals surface area contributed by atoms with Gasteiger partial charge in [-0.1, -0.05) is 0 Å². The molecule has 0 saturated carbocycles. The Morgan fingerprint density at radius 3 is 2.53 bits per heavy atom. The number of carbonyl (C=O) groups is 1. The zero-order chi connectivity index (χ0) is 14.4. The number of rotatable bonds is 7. The van der Waals surface area contributed by atoms with E-state index >= 15 is 0 Å². The second-order valence-corrected chi connectivity index (χ2v) is 4.67. The number of hydrogen-bond acceptors (Lipinski definition) is 4.